The number of aliphatic hydroxyl groups excluding tert-OH is 2. The molecular formula is C63H98O12. The molecule has 12 heteroatoms. The van der Waals surface area contributed by atoms with Gasteiger partial charge in [0, 0.05) is 12.8 Å². The molecule has 1 saturated heterocycles. The standard InChI is InChI=1S/C63H98O12/c1-4-7-10-13-16-19-22-25-27-28-30-32-34-37-40-43-46-49-55(64)71-52-54(73-56(65)50-47-44-41-38-36-33-29-26-23-20-17-14-11-8-5-2)53-72-63-61(59(68)58(67)60(75-63)62(69)70)74-57(66)51-48-45-42-39-35-31-24-21-18-15-12-9-6-3/h7-8,10-12,15-17,19-21,24-27,29,36,38,44,47,54,58-61,63,67-68H,4-6,9,13-14,18,22-23,28,30-35,37,39-43,45-46,48-53H2,1-3H3,(H,69,70)/b10-7-,11-8-,15-12-,19-16-,20-17-,24-21-,27-25-,29-26-,38-36-,47-44-. The fourth-order valence-corrected chi connectivity index (χ4v) is 7.73. The Morgan fingerprint density at radius 3 is 1.35 bits per heavy atom. The second-order valence-corrected chi connectivity index (χ2v) is 18.8. The van der Waals surface area contributed by atoms with Gasteiger partial charge in [0.2, 0.25) is 0 Å². The Bertz CT molecular complexity index is 1770. The molecule has 1 aliphatic heterocycles. The lowest BCUT2D eigenvalue weighted by Crippen LogP contribution is -2.61. The summed E-state index contributed by atoms with van der Waals surface area (Å²) in [6.07, 6.45) is 56.3. The lowest BCUT2D eigenvalue weighted by Gasteiger charge is -2.40. The third-order valence-electron chi connectivity index (χ3n) is 12.0. The Kier molecular flexibility index (Phi) is 45.4. The molecule has 0 amide bonds. The molecule has 0 bridgehead atoms. The molecule has 0 aromatic carbocycles. The molecule has 1 aliphatic rings. The van der Waals surface area contributed by atoms with Crippen LogP contribution < -0.4 is 0 Å². The van der Waals surface area contributed by atoms with E-state index < -0.39 is 67.3 Å². The maximum Gasteiger partial charge on any atom is 0.335 e. The van der Waals surface area contributed by atoms with Gasteiger partial charge in [-0.15, -0.1) is 0 Å². The molecule has 1 fully saturated rings. The minimum absolute atomic E-state index is 0.0264. The number of aliphatic hydroxyl groups is 2. The number of hydrogen-bond donors (Lipinski definition) is 3. The van der Waals surface area contributed by atoms with Crippen LogP contribution in [0.5, 0.6) is 0 Å². The molecule has 75 heavy (non-hydrogen) atoms. The first-order valence-corrected chi connectivity index (χ1v) is 28.5. The average molecular weight is 1050 g/mol. The van der Waals surface area contributed by atoms with Crippen molar-refractivity contribution in [2.75, 3.05) is 13.2 Å². The molecule has 422 valence electrons. The van der Waals surface area contributed by atoms with Gasteiger partial charge in [0.15, 0.2) is 24.6 Å². The van der Waals surface area contributed by atoms with Gasteiger partial charge in [0.25, 0.3) is 0 Å². The highest BCUT2D eigenvalue weighted by Gasteiger charge is 2.50. The maximum absolute atomic E-state index is 13.1. The van der Waals surface area contributed by atoms with Crippen molar-refractivity contribution in [1.29, 1.82) is 0 Å². The fraction of sp³-hybridized carbons (Fsp3) is 0.619. The largest absolute Gasteiger partial charge is 0.479 e. The van der Waals surface area contributed by atoms with Gasteiger partial charge in [-0.3, -0.25) is 14.4 Å². The number of allylic oxidation sites excluding steroid dienone is 19. The Morgan fingerprint density at radius 2 is 0.880 bits per heavy atom. The van der Waals surface area contributed by atoms with Crippen LogP contribution in [0.4, 0.5) is 0 Å². The third kappa shape index (κ3) is 40.1. The first-order valence-electron chi connectivity index (χ1n) is 28.5. The predicted octanol–water partition coefficient (Wildman–Crippen LogP) is 14.4. The van der Waals surface area contributed by atoms with E-state index >= 15 is 0 Å². The number of unbranched alkanes of at least 4 members (excludes halogenated alkanes) is 13. The number of aliphatic carboxylic acids is 1. The van der Waals surface area contributed by atoms with Crippen molar-refractivity contribution in [3.63, 3.8) is 0 Å². The maximum atomic E-state index is 13.1. The molecule has 0 aliphatic carbocycles. The van der Waals surface area contributed by atoms with Crippen molar-refractivity contribution >= 4 is 23.9 Å². The number of carbonyl (C=O) groups excluding carboxylic acids is 3. The highest BCUT2D eigenvalue weighted by Crippen LogP contribution is 2.26. The van der Waals surface area contributed by atoms with Crippen molar-refractivity contribution in [3.8, 4) is 0 Å². The monoisotopic (exact) mass is 1050 g/mol. The Balaban J connectivity index is 2.77. The van der Waals surface area contributed by atoms with E-state index in [1.54, 1.807) is 6.08 Å². The van der Waals surface area contributed by atoms with E-state index in [0.717, 1.165) is 141 Å². The number of carboxylic acids is 1. The molecule has 0 radical (unpaired) electrons. The highest BCUT2D eigenvalue weighted by molar-refractivity contribution is 5.74. The normalized spacial score (nSPS) is 19.1. The van der Waals surface area contributed by atoms with E-state index in [-0.39, 0.29) is 25.9 Å². The molecule has 6 unspecified atom stereocenters. The summed E-state index contributed by atoms with van der Waals surface area (Å²) < 4.78 is 28.2. The van der Waals surface area contributed by atoms with Crippen LogP contribution in [-0.2, 0) is 42.9 Å². The molecule has 3 N–H and O–H groups in total. The molecule has 0 aromatic heterocycles. The average Bonchev–Trinajstić information content (AvgIpc) is 3.39. The molecular weight excluding hydrogens is 949 g/mol. The van der Waals surface area contributed by atoms with Crippen LogP contribution in [0.3, 0.4) is 0 Å². The first kappa shape index (κ1) is 68.1. The van der Waals surface area contributed by atoms with Crippen LogP contribution in [0.2, 0.25) is 0 Å². The topological polar surface area (TPSA) is 175 Å². The molecule has 12 nitrogen and oxygen atoms in total. The summed E-state index contributed by atoms with van der Waals surface area (Å²) in [6.45, 7) is 5.58. The van der Waals surface area contributed by atoms with Gasteiger partial charge >= 0.3 is 23.9 Å². The number of ether oxygens (including phenoxy) is 5. The van der Waals surface area contributed by atoms with Crippen molar-refractivity contribution < 1.29 is 58.2 Å². The molecule has 0 saturated carbocycles. The summed E-state index contributed by atoms with van der Waals surface area (Å²) in [7, 11) is 0. The summed E-state index contributed by atoms with van der Waals surface area (Å²) in [5.74, 6) is -3.34. The molecule has 6 atom stereocenters. The Morgan fingerprint density at radius 1 is 0.467 bits per heavy atom. The number of rotatable bonds is 46. The summed E-state index contributed by atoms with van der Waals surface area (Å²) in [5, 5.41) is 31.4. The number of carboxylic acid groups (broad SMARTS) is 1. The quantitative estimate of drug-likeness (QED) is 0.0228. The lowest BCUT2D eigenvalue weighted by atomic mass is 9.98. The smallest absolute Gasteiger partial charge is 0.335 e. The van der Waals surface area contributed by atoms with Crippen molar-refractivity contribution in [1.82, 2.24) is 0 Å². The zero-order chi connectivity index (χ0) is 54.7. The number of esters is 3. The van der Waals surface area contributed by atoms with E-state index in [0.29, 0.717) is 19.3 Å². The number of carbonyl (C=O) groups is 4. The number of hydrogen-bond acceptors (Lipinski definition) is 11. The Labute approximate surface area is 452 Å². The van der Waals surface area contributed by atoms with Crippen molar-refractivity contribution in [2.24, 2.45) is 0 Å². The SMILES string of the molecule is CC/C=C\C/C=C\C/C=C\C/C=C\C/C=C\CC(=O)OC(COC(=O)CCCCCCCCC/C=C\C/C=C\C/C=C\CC)COC1OC(C(=O)O)C(O)C(O)C1OC(=O)CCCCCCC/C=C\C/C=C\CCC. The second-order valence-electron chi connectivity index (χ2n) is 18.8. The summed E-state index contributed by atoms with van der Waals surface area (Å²) in [6, 6.07) is 0. The van der Waals surface area contributed by atoms with Gasteiger partial charge in [-0.25, -0.2) is 4.79 Å². The van der Waals surface area contributed by atoms with Gasteiger partial charge in [-0.1, -0.05) is 200 Å². The van der Waals surface area contributed by atoms with Crippen LogP contribution in [0.25, 0.3) is 0 Å². The Hall–Kier alpha value is -4.88. The molecule has 1 heterocycles. The highest BCUT2D eigenvalue weighted by atomic mass is 16.7. The first-order chi connectivity index (χ1) is 36.6. The van der Waals surface area contributed by atoms with Crippen LogP contribution >= 0.6 is 0 Å². The van der Waals surface area contributed by atoms with E-state index in [9.17, 15) is 34.5 Å². The van der Waals surface area contributed by atoms with Crippen LogP contribution in [0, 0.1) is 0 Å². The van der Waals surface area contributed by atoms with E-state index in [4.69, 9.17) is 23.7 Å². The zero-order valence-electron chi connectivity index (χ0n) is 46.2. The van der Waals surface area contributed by atoms with Gasteiger partial charge in [-0.05, 0) is 103 Å². The molecule has 0 aromatic rings. The van der Waals surface area contributed by atoms with E-state index in [1.165, 1.54) is 0 Å². The third-order valence-corrected chi connectivity index (χ3v) is 12.0. The predicted molar refractivity (Wildman–Crippen MR) is 303 cm³/mol. The fourth-order valence-electron chi connectivity index (χ4n) is 7.73. The van der Waals surface area contributed by atoms with Gasteiger partial charge < -0.3 is 39.0 Å². The van der Waals surface area contributed by atoms with Crippen LogP contribution in [-0.4, -0.2) is 89.2 Å². The van der Waals surface area contributed by atoms with E-state index in [1.807, 2.05) is 18.2 Å². The summed E-state index contributed by atoms with van der Waals surface area (Å²) >= 11 is 0. The van der Waals surface area contributed by atoms with Crippen molar-refractivity contribution in [2.45, 2.75) is 237 Å². The van der Waals surface area contributed by atoms with Crippen LogP contribution in [0.15, 0.2) is 122 Å². The zero-order valence-corrected chi connectivity index (χ0v) is 46.2. The van der Waals surface area contributed by atoms with Crippen molar-refractivity contribution in [3.05, 3.63) is 122 Å². The molecule has 0 spiro atoms. The van der Waals surface area contributed by atoms with E-state index in [2.05, 4.69) is 118 Å². The minimum Gasteiger partial charge on any atom is -0.479 e. The van der Waals surface area contributed by atoms with Gasteiger partial charge in [0.1, 0.15) is 18.8 Å². The molecule has 1 rings (SSSR count). The van der Waals surface area contributed by atoms with Gasteiger partial charge in [-0.2, -0.15) is 0 Å². The second kappa shape index (κ2) is 50.0. The summed E-state index contributed by atoms with van der Waals surface area (Å²) in [5.41, 5.74) is 0. The summed E-state index contributed by atoms with van der Waals surface area (Å²) in [4.78, 5) is 51.0. The van der Waals surface area contributed by atoms with Gasteiger partial charge in [0.05, 0.1) is 13.0 Å². The minimum atomic E-state index is -1.93. The van der Waals surface area contributed by atoms with Crippen LogP contribution in [0.1, 0.15) is 201 Å². The lowest BCUT2D eigenvalue weighted by molar-refractivity contribution is -0.301.